The molecule has 4 nitrogen and oxygen atoms in total. The molecule has 4 heteroatoms. The third-order valence-corrected chi connectivity index (χ3v) is 3.38. The van der Waals surface area contributed by atoms with Gasteiger partial charge in [0, 0.05) is 17.9 Å². The van der Waals surface area contributed by atoms with Crippen molar-refractivity contribution in [2.45, 2.75) is 6.42 Å². The SMILES string of the molecule is Nc1ccc2c(c1)CCN2C(=O)c1ccccc1O. The zero-order chi connectivity index (χ0) is 13.4. The van der Waals surface area contributed by atoms with Crippen LogP contribution in [-0.2, 0) is 6.42 Å². The second kappa shape index (κ2) is 4.31. The van der Waals surface area contributed by atoms with Gasteiger partial charge in [0.25, 0.3) is 5.91 Å². The Bertz CT molecular complexity index is 652. The van der Waals surface area contributed by atoms with E-state index in [2.05, 4.69) is 0 Å². The molecule has 3 N–H and O–H groups in total. The van der Waals surface area contributed by atoms with Crippen molar-refractivity contribution in [1.29, 1.82) is 0 Å². The van der Waals surface area contributed by atoms with Crippen LogP contribution in [0.3, 0.4) is 0 Å². The maximum absolute atomic E-state index is 12.5. The third kappa shape index (κ3) is 1.91. The number of hydrogen-bond acceptors (Lipinski definition) is 3. The van der Waals surface area contributed by atoms with E-state index >= 15 is 0 Å². The number of amides is 1. The highest BCUT2D eigenvalue weighted by atomic mass is 16.3. The Morgan fingerprint density at radius 3 is 2.79 bits per heavy atom. The first-order chi connectivity index (χ1) is 9.16. The van der Waals surface area contributed by atoms with Gasteiger partial charge in [0.2, 0.25) is 0 Å². The molecule has 1 amide bonds. The monoisotopic (exact) mass is 254 g/mol. The molecular weight excluding hydrogens is 240 g/mol. The third-order valence-electron chi connectivity index (χ3n) is 3.38. The molecule has 2 aromatic rings. The molecule has 0 unspecified atom stereocenters. The van der Waals surface area contributed by atoms with Crippen molar-refractivity contribution < 1.29 is 9.90 Å². The van der Waals surface area contributed by atoms with Crippen LogP contribution in [0.4, 0.5) is 11.4 Å². The lowest BCUT2D eigenvalue weighted by Gasteiger charge is -2.18. The van der Waals surface area contributed by atoms with E-state index in [1.54, 1.807) is 29.2 Å². The van der Waals surface area contributed by atoms with Crippen LogP contribution in [0, 0.1) is 0 Å². The zero-order valence-corrected chi connectivity index (χ0v) is 10.3. The average molecular weight is 254 g/mol. The van der Waals surface area contributed by atoms with Gasteiger partial charge >= 0.3 is 0 Å². The van der Waals surface area contributed by atoms with Crippen LogP contribution in [-0.4, -0.2) is 17.6 Å². The molecule has 0 saturated carbocycles. The standard InChI is InChI=1S/C15H14N2O2/c16-11-5-6-13-10(9-11)7-8-17(13)15(19)12-3-1-2-4-14(12)18/h1-6,9,18H,7-8,16H2. The molecule has 0 atom stereocenters. The summed E-state index contributed by atoms with van der Waals surface area (Å²) < 4.78 is 0. The van der Waals surface area contributed by atoms with E-state index in [-0.39, 0.29) is 11.7 Å². The minimum atomic E-state index is -0.179. The van der Waals surface area contributed by atoms with Gasteiger partial charge in [-0.05, 0) is 42.3 Å². The number of nitrogens with zero attached hydrogens (tertiary/aromatic N) is 1. The van der Waals surface area contributed by atoms with Gasteiger partial charge in [0.15, 0.2) is 0 Å². The topological polar surface area (TPSA) is 66.6 Å². The summed E-state index contributed by atoms with van der Waals surface area (Å²) in [6, 6.07) is 12.1. The fraction of sp³-hybridized carbons (Fsp3) is 0.133. The molecule has 0 spiro atoms. The maximum Gasteiger partial charge on any atom is 0.262 e. The molecule has 0 saturated heterocycles. The van der Waals surface area contributed by atoms with Gasteiger partial charge in [0.05, 0.1) is 5.56 Å². The van der Waals surface area contributed by atoms with Crippen LogP contribution in [0.15, 0.2) is 42.5 Å². The van der Waals surface area contributed by atoms with Crippen LogP contribution < -0.4 is 10.6 Å². The average Bonchev–Trinajstić information content (AvgIpc) is 2.81. The lowest BCUT2D eigenvalue weighted by molar-refractivity contribution is 0.0987. The Hall–Kier alpha value is -2.49. The van der Waals surface area contributed by atoms with E-state index in [9.17, 15) is 9.90 Å². The molecule has 0 radical (unpaired) electrons. The number of aromatic hydroxyl groups is 1. The first-order valence-corrected chi connectivity index (χ1v) is 6.15. The van der Waals surface area contributed by atoms with Gasteiger partial charge in [-0.15, -0.1) is 0 Å². The number of benzene rings is 2. The molecule has 19 heavy (non-hydrogen) atoms. The molecule has 1 aliphatic heterocycles. The number of phenolic OH excluding ortho intramolecular Hbond substituents is 1. The van der Waals surface area contributed by atoms with Crippen molar-refractivity contribution in [2.75, 3.05) is 17.2 Å². The Balaban J connectivity index is 1.98. The summed E-state index contributed by atoms with van der Waals surface area (Å²) in [4.78, 5) is 14.1. The second-order valence-corrected chi connectivity index (χ2v) is 4.61. The number of carbonyl (C=O) groups excluding carboxylic acids is 1. The predicted molar refractivity (Wildman–Crippen MR) is 74.3 cm³/mol. The summed E-state index contributed by atoms with van der Waals surface area (Å²) in [6.45, 7) is 0.617. The van der Waals surface area contributed by atoms with Gasteiger partial charge in [-0.3, -0.25) is 4.79 Å². The van der Waals surface area contributed by atoms with E-state index in [1.165, 1.54) is 6.07 Å². The second-order valence-electron chi connectivity index (χ2n) is 4.61. The molecule has 3 rings (SSSR count). The summed E-state index contributed by atoms with van der Waals surface area (Å²) >= 11 is 0. The van der Waals surface area contributed by atoms with Crippen molar-refractivity contribution in [1.82, 2.24) is 0 Å². The van der Waals surface area contributed by atoms with Gasteiger partial charge in [-0.1, -0.05) is 12.1 Å². The molecule has 96 valence electrons. The van der Waals surface area contributed by atoms with Crippen LogP contribution in [0.5, 0.6) is 5.75 Å². The van der Waals surface area contributed by atoms with Crippen LogP contribution in [0.25, 0.3) is 0 Å². The lowest BCUT2D eigenvalue weighted by Crippen LogP contribution is -2.28. The normalized spacial score (nSPS) is 13.4. The van der Waals surface area contributed by atoms with E-state index in [4.69, 9.17) is 5.73 Å². The minimum absolute atomic E-state index is 0.0106. The molecule has 1 heterocycles. The van der Waals surface area contributed by atoms with Crippen LogP contribution in [0.2, 0.25) is 0 Å². The molecule has 0 aromatic heterocycles. The largest absolute Gasteiger partial charge is 0.507 e. The Labute approximate surface area is 111 Å². The number of nitrogen functional groups attached to an aromatic ring is 1. The number of phenols is 1. The number of rotatable bonds is 1. The first kappa shape index (κ1) is 11.6. The van der Waals surface area contributed by atoms with Crippen molar-refractivity contribution in [3.63, 3.8) is 0 Å². The number of hydrogen-bond donors (Lipinski definition) is 2. The summed E-state index contributed by atoms with van der Waals surface area (Å²) in [6.07, 6.45) is 0.791. The number of fused-ring (bicyclic) bond motifs is 1. The highest BCUT2D eigenvalue weighted by Crippen LogP contribution is 2.32. The lowest BCUT2D eigenvalue weighted by atomic mass is 10.1. The van der Waals surface area contributed by atoms with Gasteiger partial charge in [-0.25, -0.2) is 0 Å². The predicted octanol–water partition coefficient (Wildman–Crippen LogP) is 2.18. The van der Waals surface area contributed by atoms with E-state index in [0.29, 0.717) is 17.8 Å². The van der Waals surface area contributed by atoms with Crippen molar-refractivity contribution >= 4 is 17.3 Å². The molecule has 0 fully saturated rings. The summed E-state index contributed by atoms with van der Waals surface area (Å²) in [7, 11) is 0. The number of carbonyl (C=O) groups is 1. The van der Waals surface area contributed by atoms with E-state index in [0.717, 1.165) is 17.7 Å². The fourth-order valence-electron chi connectivity index (χ4n) is 2.43. The summed E-state index contributed by atoms with van der Waals surface area (Å²) in [5, 5.41) is 9.77. The Morgan fingerprint density at radius 2 is 2.00 bits per heavy atom. The first-order valence-electron chi connectivity index (χ1n) is 6.15. The number of nitrogens with two attached hydrogens (primary N) is 1. The minimum Gasteiger partial charge on any atom is -0.507 e. The fourth-order valence-corrected chi connectivity index (χ4v) is 2.43. The molecule has 1 aliphatic rings. The van der Waals surface area contributed by atoms with E-state index < -0.39 is 0 Å². The molecule has 2 aromatic carbocycles. The number of para-hydroxylation sites is 1. The smallest absolute Gasteiger partial charge is 0.262 e. The Kier molecular flexibility index (Phi) is 2.63. The zero-order valence-electron chi connectivity index (χ0n) is 10.3. The number of anilines is 2. The van der Waals surface area contributed by atoms with Gasteiger partial charge in [0.1, 0.15) is 5.75 Å². The molecular formula is C15H14N2O2. The van der Waals surface area contributed by atoms with Crippen molar-refractivity contribution in [3.8, 4) is 5.75 Å². The van der Waals surface area contributed by atoms with Gasteiger partial charge in [-0.2, -0.15) is 0 Å². The quantitative estimate of drug-likeness (QED) is 0.766. The van der Waals surface area contributed by atoms with Crippen molar-refractivity contribution in [3.05, 3.63) is 53.6 Å². The maximum atomic E-state index is 12.5. The summed E-state index contributed by atoms with van der Waals surface area (Å²) in [5.41, 5.74) is 8.72. The van der Waals surface area contributed by atoms with Gasteiger partial charge < -0.3 is 15.7 Å². The molecule has 0 bridgehead atoms. The highest BCUT2D eigenvalue weighted by molar-refractivity contribution is 6.09. The highest BCUT2D eigenvalue weighted by Gasteiger charge is 2.26. The summed E-state index contributed by atoms with van der Waals surface area (Å²) in [5.74, 6) is -0.169. The van der Waals surface area contributed by atoms with Crippen LogP contribution >= 0.6 is 0 Å². The molecule has 0 aliphatic carbocycles. The van der Waals surface area contributed by atoms with E-state index in [1.807, 2.05) is 12.1 Å². The Morgan fingerprint density at radius 1 is 1.21 bits per heavy atom. The van der Waals surface area contributed by atoms with Crippen molar-refractivity contribution in [2.24, 2.45) is 0 Å². The van der Waals surface area contributed by atoms with Crippen LogP contribution in [0.1, 0.15) is 15.9 Å².